The zero-order valence-corrected chi connectivity index (χ0v) is 16.3. The minimum atomic E-state index is -0.105. The number of hydrogen-bond donors (Lipinski definition) is 1. The van der Waals surface area contributed by atoms with E-state index in [0.717, 1.165) is 27.7 Å². The number of carbonyl (C=O) groups excluding carboxylic acids is 2. The number of thioether (sulfide) groups is 1. The minimum absolute atomic E-state index is 0.0290. The van der Waals surface area contributed by atoms with E-state index < -0.39 is 0 Å². The maximum atomic E-state index is 12.4. The SMILES string of the molecule is Cc1cccc(NC(=O)CSCC(=O)N(C)c2ccc3ccccc3c2)c1. The number of hydrogen-bond acceptors (Lipinski definition) is 3. The molecular formula is C22H22N2O2S. The second kappa shape index (κ2) is 8.73. The maximum Gasteiger partial charge on any atom is 0.236 e. The van der Waals surface area contributed by atoms with E-state index in [1.165, 1.54) is 11.8 Å². The van der Waals surface area contributed by atoms with Gasteiger partial charge in [-0.25, -0.2) is 0 Å². The van der Waals surface area contributed by atoms with Crippen molar-refractivity contribution >= 4 is 45.7 Å². The number of anilines is 2. The molecule has 0 aliphatic rings. The molecule has 0 heterocycles. The number of amides is 2. The third kappa shape index (κ3) is 5.11. The van der Waals surface area contributed by atoms with Crippen LogP contribution in [0.5, 0.6) is 0 Å². The summed E-state index contributed by atoms with van der Waals surface area (Å²) in [5.41, 5.74) is 2.72. The summed E-state index contributed by atoms with van der Waals surface area (Å²) in [4.78, 5) is 26.1. The number of aryl methyl sites for hydroxylation is 1. The van der Waals surface area contributed by atoms with E-state index in [2.05, 4.69) is 5.32 Å². The minimum Gasteiger partial charge on any atom is -0.325 e. The van der Waals surface area contributed by atoms with E-state index in [0.29, 0.717) is 0 Å². The number of rotatable bonds is 6. The Morgan fingerprint density at radius 2 is 1.70 bits per heavy atom. The third-order valence-electron chi connectivity index (χ3n) is 4.25. The van der Waals surface area contributed by atoms with Gasteiger partial charge in [-0.1, -0.05) is 42.5 Å². The average Bonchev–Trinajstić information content (AvgIpc) is 2.67. The van der Waals surface area contributed by atoms with Gasteiger partial charge in [0.1, 0.15) is 0 Å². The van der Waals surface area contributed by atoms with E-state index >= 15 is 0 Å². The number of benzene rings is 3. The van der Waals surface area contributed by atoms with E-state index in [4.69, 9.17) is 0 Å². The van der Waals surface area contributed by atoms with Crippen LogP contribution >= 0.6 is 11.8 Å². The van der Waals surface area contributed by atoms with Crippen molar-refractivity contribution in [1.82, 2.24) is 0 Å². The molecule has 0 bridgehead atoms. The highest BCUT2D eigenvalue weighted by Crippen LogP contribution is 2.22. The van der Waals surface area contributed by atoms with Gasteiger partial charge >= 0.3 is 0 Å². The summed E-state index contributed by atoms with van der Waals surface area (Å²) >= 11 is 1.32. The summed E-state index contributed by atoms with van der Waals surface area (Å²) in [6.45, 7) is 1.98. The fourth-order valence-electron chi connectivity index (χ4n) is 2.78. The molecule has 0 aliphatic heterocycles. The molecule has 3 rings (SSSR count). The Bertz CT molecular complexity index is 971. The first-order valence-electron chi connectivity index (χ1n) is 8.72. The Morgan fingerprint density at radius 3 is 2.48 bits per heavy atom. The molecule has 2 amide bonds. The summed E-state index contributed by atoms with van der Waals surface area (Å²) in [7, 11) is 1.76. The quantitative estimate of drug-likeness (QED) is 0.688. The smallest absolute Gasteiger partial charge is 0.236 e. The topological polar surface area (TPSA) is 49.4 Å². The largest absolute Gasteiger partial charge is 0.325 e. The first-order chi connectivity index (χ1) is 13.0. The first kappa shape index (κ1) is 19.0. The molecule has 0 saturated carbocycles. The van der Waals surface area contributed by atoms with Crippen LogP contribution < -0.4 is 10.2 Å². The van der Waals surface area contributed by atoms with Crippen molar-refractivity contribution in [3.05, 3.63) is 72.3 Å². The van der Waals surface area contributed by atoms with E-state index in [9.17, 15) is 9.59 Å². The normalized spacial score (nSPS) is 10.6. The Morgan fingerprint density at radius 1 is 0.926 bits per heavy atom. The maximum absolute atomic E-state index is 12.4. The molecule has 138 valence electrons. The Hall–Kier alpha value is -2.79. The number of carbonyl (C=O) groups is 2. The molecule has 3 aromatic carbocycles. The lowest BCUT2D eigenvalue weighted by molar-refractivity contribution is -0.115. The van der Waals surface area contributed by atoms with Gasteiger partial charge in [0, 0.05) is 18.4 Å². The van der Waals surface area contributed by atoms with Crippen LogP contribution in [-0.2, 0) is 9.59 Å². The van der Waals surface area contributed by atoms with Gasteiger partial charge in [0.15, 0.2) is 0 Å². The Labute approximate surface area is 163 Å². The molecule has 0 radical (unpaired) electrons. The molecule has 4 nitrogen and oxygen atoms in total. The van der Waals surface area contributed by atoms with E-state index in [1.807, 2.05) is 73.7 Å². The van der Waals surface area contributed by atoms with Gasteiger partial charge in [0.05, 0.1) is 11.5 Å². The van der Waals surface area contributed by atoms with Crippen molar-refractivity contribution in [3.8, 4) is 0 Å². The van der Waals surface area contributed by atoms with E-state index in [1.54, 1.807) is 11.9 Å². The molecule has 3 aromatic rings. The molecule has 5 heteroatoms. The van der Waals surface area contributed by atoms with Crippen LogP contribution in [0, 0.1) is 6.92 Å². The summed E-state index contributed by atoms with van der Waals surface area (Å²) in [5.74, 6) is 0.362. The van der Waals surface area contributed by atoms with Crippen molar-refractivity contribution in [2.24, 2.45) is 0 Å². The monoisotopic (exact) mass is 378 g/mol. The lowest BCUT2D eigenvalue weighted by atomic mass is 10.1. The third-order valence-corrected chi connectivity index (χ3v) is 5.17. The number of nitrogens with one attached hydrogen (secondary N) is 1. The predicted octanol–water partition coefficient (Wildman–Crippen LogP) is 4.48. The second-order valence-corrected chi connectivity index (χ2v) is 7.38. The van der Waals surface area contributed by atoms with Gasteiger partial charge in [-0.05, 0) is 47.5 Å². The Kier molecular flexibility index (Phi) is 6.14. The van der Waals surface area contributed by atoms with Crippen molar-refractivity contribution in [1.29, 1.82) is 0 Å². The standard InChI is InChI=1S/C22H22N2O2S/c1-16-6-5-9-19(12-16)23-21(25)14-27-15-22(26)24(2)20-11-10-17-7-3-4-8-18(17)13-20/h3-13H,14-15H2,1-2H3,(H,23,25). The summed E-state index contributed by atoms with van der Waals surface area (Å²) < 4.78 is 0. The highest BCUT2D eigenvalue weighted by atomic mass is 32.2. The van der Waals surface area contributed by atoms with Crippen LogP contribution in [-0.4, -0.2) is 30.4 Å². The first-order valence-corrected chi connectivity index (χ1v) is 9.88. The summed E-state index contributed by atoms with van der Waals surface area (Å²) in [6.07, 6.45) is 0. The fraction of sp³-hybridized carbons (Fsp3) is 0.182. The molecular weight excluding hydrogens is 356 g/mol. The predicted molar refractivity (Wildman–Crippen MR) is 114 cm³/mol. The fourth-order valence-corrected chi connectivity index (χ4v) is 3.50. The van der Waals surface area contributed by atoms with Gasteiger partial charge in [-0.3, -0.25) is 9.59 Å². The Balaban J connectivity index is 1.51. The van der Waals surface area contributed by atoms with E-state index in [-0.39, 0.29) is 23.3 Å². The van der Waals surface area contributed by atoms with Gasteiger partial charge < -0.3 is 10.2 Å². The number of nitrogens with zero attached hydrogens (tertiary/aromatic N) is 1. The lowest BCUT2D eigenvalue weighted by Crippen LogP contribution is -2.28. The van der Waals surface area contributed by atoms with Crippen LogP contribution in [0.25, 0.3) is 10.8 Å². The van der Waals surface area contributed by atoms with Crippen molar-refractivity contribution in [2.45, 2.75) is 6.92 Å². The van der Waals surface area contributed by atoms with Crippen molar-refractivity contribution in [3.63, 3.8) is 0 Å². The molecule has 0 spiro atoms. The lowest BCUT2D eigenvalue weighted by Gasteiger charge is -2.17. The van der Waals surface area contributed by atoms with Gasteiger partial charge in [0.2, 0.25) is 11.8 Å². The van der Waals surface area contributed by atoms with Crippen molar-refractivity contribution < 1.29 is 9.59 Å². The molecule has 0 unspecified atom stereocenters. The molecule has 0 fully saturated rings. The zero-order chi connectivity index (χ0) is 19.2. The summed E-state index contributed by atoms with van der Waals surface area (Å²) in [5, 5.41) is 5.09. The molecule has 0 aromatic heterocycles. The van der Waals surface area contributed by atoms with Crippen molar-refractivity contribution in [2.75, 3.05) is 28.8 Å². The molecule has 1 N–H and O–H groups in total. The number of fused-ring (bicyclic) bond motifs is 1. The van der Waals surface area contributed by atoms with Gasteiger partial charge in [0.25, 0.3) is 0 Å². The average molecular weight is 378 g/mol. The molecule has 27 heavy (non-hydrogen) atoms. The second-order valence-electron chi connectivity index (χ2n) is 6.39. The van der Waals surface area contributed by atoms with Gasteiger partial charge in [-0.15, -0.1) is 11.8 Å². The highest BCUT2D eigenvalue weighted by molar-refractivity contribution is 8.00. The van der Waals surface area contributed by atoms with Crippen LogP contribution in [0.4, 0.5) is 11.4 Å². The van der Waals surface area contributed by atoms with Gasteiger partial charge in [-0.2, -0.15) is 0 Å². The molecule has 0 aliphatic carbocycles. The van der Waals surface area contributed by atoms with Crippen LogP contribution in [0.15, 0.2) is 66.7 Å². The molecule has 0 atom stereocenters. The van der Waals surface area contributed by atoms with Crippen LogP contribution in [0.3, 0.4) is 0 Å². The zero-order valence-electron chi connectivity index (χ0n) is 15.4. The van der Waals surface area contributed by atoms with Crippen LogP contribution in [0.2, 0.25) is 0 Å². The highest BCUT2D eigenvalue weighted by Gasteiger charge is 2.12. The van der Waals surface area contributed by atoms with Crippen LogP contribution in [0.1, 0.15) is 5.56 Å². The summed E-state index contributed by atoms with van der Waals surface area (Å²) in [6, 6.07) is 21.7. The molecule has 0 saturated heterocycles.